The van der Waals surface area contributed by atoms with Gasteiger partial charge in [0.2, 0.25) is 0 Å². The summed E-state index contributed by atoms with van der Waals surface area (Å²) in [5.74, 6) is 0. The Bertz CT molecular complexity index is 665. The van der Waals surface area contributed by atoms with Crippen LogP contribution in [0.15, 0.2) is 30.2 Å². The molecule has 0 bridgehead atoms. The number of aromatic nitrogens is 4. The first kappa shape index (κ1) is 11.0. The van der Waals surface area contributed by atoms with E-state index in [9.17, 15) is 0 Å². The van der Waals surface area contributed by atoms with Gasteiger partial charge in [-0.25, -0.2) is 9.97 Å². The molecule has 0 spiro atoms. The van der Waals surface area contributed by atoms with Crippen LogP contribution < -0.4 is 5.32 Å². The second-order valence-corrected chi connectivity index (χ2v) is 4.79. The topological polar surface area (TPSA) is 63.6 Å². The number of nitrogens with zero attached hydrogens (tertiary/aromatic N) is 4. The molecule has 0 saturated carbocycles. The zero-order chi connectivity index (χ0) is 12.4. The van der Waals surface area contributed by atoms with E-state index in [0.29, 0.717) is 6.54 Å². The first-order valence-electron chi connectivity index (χ1n) is 5.53. The molecule has 0 radical (unpaired) electrons. The summed E-state index contributed by atoms with van der Waals surface area (Å²) in [6, 6.07) is 1.89. The zero-order valence-electron chi connectivity index (χ0n) is 9.79. The Kier molecular flexibility index (Phi) is 2.85. The summed E-state index contributed by atoms with van der Waals surface area (Å²) in [5.41, 5.74) is 4.07. The van der Waals surface area contributed by atoms with E-state index in [-0.39, 0.29) is 0 Å². The number of aryl methyl sites for hydroxylation is 1. The fourth-order valence-electron chi connectivity index (χ4n) is 1.69. The van der Waals surface area contributed by atoms with Crippen LogP contribution in [0.3, 0.4) is 0 Å². The number of rotatable bonds is 3. The fourth-order valence-corrected chi connectivity index (χ4v) is 2.66. The third kappa shape index (κ3) is 2.02. The Morgan fingerprint density at radius 3 is 3.17 bits per heavy atom. The molecule has 3 aromatic rings. The maximum absolute atomic E-state index is 4.17. The summed E-state index contributed by atoms with van der Waals surface area (Å²) in [7, 11) is 0. The normalized spacial score (nSPS) is 10.7. The van der Waals surface area contributed by atoms with E-state index in [1.807, 2.05) is 13.0 Å². The average Bonchev–Trinajstić information content (AvgIpc) is 2.80. The smallest absolute Gasteiger partial charge is 0.115 e. The summed E-state index contributed by atoms with van der Waals surface area (Å²) < 4.78 is 1.14. The van der Waals surface area contributed by atoms with Gasteiger partial charge in [-0.05, 0) is 23.9 Å². The van der Waals surface area contributed by atoms with Gasteiger partial charge in [0.25, 0.3) is 0 Å². The van der Waals surface area contributed by atoms with Gasteiger partial charge in [-0.3, -0.25) is 0 Å². The maximum atomic E-state index is 4.17. The number of thiophene rings is 1. The Balaban J connectivity index is 1.87. The fraction of sp³-hybridized carbons (Fsp3) is 0.167. The van der Waals surface area contributed by atoms with Crippen LogP contribution in [0.2, 0.25) is 0 Å². The van der Waals surface area contributed by atoms with E-state index < -0.39 is 0 Å². The van der Waals surface area contributed by atoms with Crippen LogP contribution in [0.4, 0.5) is 5.69 Å². The van der Waals surface area contributed by atoms with Crippen molar-refractivity contribution >= 4 is 27.2 Å². The van der Waals surface area contributed by atoms with Crippen LogP contribution in [0.25, 0.3) is 10.2 Å². The SMILES string of the molecule is Cc1csc2c(NCc3ccncn3)cnnc12. The van der Waals surface area contributed by atoms with E-state index in [1.165, 1.54) is 0 Å². The Morgan fingerprint density at radius 2 is 2.33 bits per heavy atom. The Morgan fingerprint density at radius 1 is 1.39 bits per heavy atom. The standard InChI is InChI=1S/C12H11N5S/c1-8-6-18-12-10(5-16-17-11(8)12)14-4-9-2-3-13-7-15-9/h2-3,5-7H,4H2,1H3,(H,14,17). The second-order valence-electron chi connectivity index (χ2n) is 3.91. The molecular formula is C12H11N5S. The van der Waals surface area contributed by atoms with E-state index >= 15 is 0 Å². The van der Waals surface area contributed by atoms with E-state index in [4.69, 9.17) is 0 Å². The maximum Gasteiger partial charge on any atom is 0.115 e. The molecule has 0 atom stereocenters. The van der Waals surface area contributed by atoms with Crippen molar-refractivity contribution in [1.29, 1.82) is 0 Å². The van der Waals surface area contributed by atoms with Crippen molar-refractivity contribution in [3.05, 3.63) is 41.4 Å². The van der Waals surface area contributed by atoms with E-state index in [2.05, 4.69) is 30.9 Å². The molecule has 3 rings (SSSR count). The highest BCUT2D eigenvalue weighted by Crippen LogP contribution is 2.29. The number of hydrogen-bond donors (Lipinski definition) is 1. The van der Waals surface area contributed by atoms with Crippen LogP contribution in [0, 0.1) is 6.92 Å². The lowest BCUT2D eigenvalue weighted by Gasteiger charge is -2.05. The molecule has 0 aliphatic heterocycles. The molecule has 90 valence electrons. The van der Waals surface area contributed by atoms with Crippen molar-refractivity contribution in [2.45, 2.75) is 13.5 Å². The van der Waals surface area contributed by atoms with Gasteiger partial charge in [-0.2, -0.15) is 5.10 Å². The first-order chi connectivity index (χ1) is 8.84. The van der Waals surface area contributed by atoms with Gasteiger partial charge >= 0.3 is 0 Å². The van der Waals surface area contributed by atoms with Crippen molar-refractivity contribution in [2.24, 2.45) is 0 Å². The molecule has 0 amide bonds. The minimum Gasteiger partial charge on any atom is -0.377 e. The molecule has 1 N–H and O–H groups in total. The summed E-state index contributed by atoms with van der Waals surface area (Å²) in [6.07, 6.45) is 5.03. The summed E-state index contributed by atoms with van der Waals surface area (Å²) >= 11 is 1.68. The largest absolute Gasteiger partial charge is 0.377 e. The van der Waals surface area contributed by atoms with Crippen molar-refractivity contribution in [1.82, 2.24) is 20.2 Å². The van der Waals surface area contributed by atoms with Gasteiger partial charge in [-0.1, -0.05) is 0 Å². The molecule has 6 heteroatoms. The molecule has 3 aromatic heterocycles. The van der Waals surface area contributed by atoms with Crippen LogP contribution >= 0.6 is 11.3 Å². The monoisotopic (exact) mass is 257 g/mol. The molecule has 5 nitrogen and oxygen atoms in total. The van der Waals surface area contributed by atoms with Crippen LogP contribution in [0.1, 0.15) is 11.3 Å². The number of fused-ring (bicyclic) bond motifs is 1. The Hall–Kier alpha value is -2.08. The van der Waals surface area contributed by atoms with Crippen molar-refractivity contribution in [2.75, 3.05) is 5.32 Å². The van der Waals surface area contributed by atoms with E-state index in [1.54, 1.807) is 30.1 Å². The molecular weight excluding hydrogens is 246 g/mol. The number of nitrogens with one attached hydrogen (secondary N) is 1. The number of hydrogen-bond acceptors (Lipinski definition) is 6. The minimum absolute atomic E-state index is 0.653. The van der Waals surface area contributed by atoms with Gasteiger partial charge < -0.3 is 5.32 Å². The summed E-state index contributed by atoms with van der Waals surface area (Å²) in [6.45, 7) is 2.70. The van der Waals surface area contributed by atoms with Crippen LogP contribution in [-0.4, -0.2) is 20.2 Å². The van der Waals surface area contributed by atoms with Gasteiger partial charge in [-0.15, -0.1) is 16.4 Å². The molecule has 3 heterocycles. The quantitative estimate of drug-likeness (QED) is 0.780. The lowest BCUT2D eigenvalue weighted by Crippen LogP contribution is -2.02. The second kappa shape index (κ2) is 4.66. The highest BCUT2D eigenvalue weighted by Gasteiger charge is 2.07. The molecule has 0 unspecified atom stereocenters. The predicted octanol–water partition coefficient (Wildman–Crippen LogP) is 2.40. The first-order valence-corrected chi connectivity index (χ1v) is 6.41. The van der Waals surface area contributed by atoms with Crippen molar-refractivity contribution in [3.8, 4) is 0 Å². The Labute approximate surface area is 108 Å². The highest BCUT2D eigenvalue weighted by atomic mass is 32.1. The summed E-state index contributed by atoms with van der Waals surface area (Å²) in [5, 5.41) is 13.6. The zero-order valence-corrected chi connectivity index (χ0v) is 10.6. The highest BCUT2D eigenvalue weighted by molar-refractivity contribution is 7.18. The number of anilines is 1. The molecule has 0 aromatic carbocycles. The minimum atomic E-state index is 0.653. The lowest BCUT2D eigenvalue weighted by molar-refractivity contribution is 0.999. The lowest BCUT2D eigenvalue weighted by atomic mass is 10.3. The van der Waals surface area contributed by atoms with Gasteiger partial charge in [0, 0.05) is 6.20 Å². The summed E-state index contributed by atoms with van der Waals surface area (Å²) in [4.78, 5) is 8.07. The van der Waals surface area contributed by atoms with Crippen LogP contribution in [0.5, 0.6) is 0 Å². The molecule has 0 fully saturated rings. The predicted molar refractivity (Wildman–Crippen MR) is 71.5 cm³/mol. The van der Waals surface area contributed by atoms with Gasteiger partial charge in [0.05, 0.1) is 28.8 Å². The molecule has 0 aliphatic rings. The van der Waals surface area contributed by atoms with E-state index in [0.717, 1.165) is 27.2 Å². The average molecular weight is 257 g/mol. The molecule has 0 aliphatic carbocycles. The molecule has 0 saturated heterocycles. The van der Waals surface area contributed by atoms with Gasteiger partial charge in [0.15, 0.2) is 0 Å². The van der Waals surface area contributed by atoms with Crippen molar-refractivity contribution in [3.63, 3.8) is 0 Å². The molecule has 18 heavy (non-hydrogen) atoms. The van der Waals surface area contributed by atoms with Crippen LogP contribution in [-0.2, 0) is 6.54 Å². The van der Waals surface area contributed by atoms with Gasteiger partial charge in [0.1, 0.15) is 11.8 Å². The third-order valence-corrected chi connectivity index (χ3v) is 3.75. The third-order valence-electron chi connectivity index (χ3n) is 2.63. The van der Waals surface area contributed by atoms with Crippen molar-refractivity contribution < 1.29 is 0 Å².